The van der Waals surface area contributed by atoms with Gasteiger partial charge in [-0.15, -0.1) is 10.2 Å². The van der Waals surface area contributed by atoms with Gasteiger partial charge in [0, 0.05) is 18.2 Å². The molecular formula is C19H17N5O2S. The third kappa shape index (κ3) is 3.70. The summed E-state index contributed by atoms with van der Waals surface area (Å²) in [5.41, 5.74) is 1.87. The predicted molar refractivity (Wildman–Crippen MR) is 102 cm³/mol. The first-order valence-corrected chi connectivity index (χ1v) is 9.28. The molecule has 2 aromatic heterocycles. The summed E-state index contributed by atoms with van der Waals surface area (Å²) in [6.45, 7) is 0. The third-order valence-corrected chi connectivity index (χ3v) is 4.99. The van der Waals surface area contributed by atoms with Crippen LogP contribution in [0.4, 0.5) is 0 Å². The van der Waals surface area contributed by atoms with E-state index in [-0.39, 0.29) is 0 Å². The molecular weight excluding hydrogens is 362 g/mol. The first-order chi connectivity index (χ1) is 13.2. The molecule has 4 aromatic rings. The maximum atomic E-state index is 5.37. The van der Waals surface area contributed by atoms with Crippen LogP contribution in [-0.4, -0.2) is 32.0 Å². The molecule has 8 heteroatoms. The van der Waals surface area contributed by atoms with E-state index < -0.39 is 0 Å². The minimum absolute atomic E-state index is 0.512. The molecule has 27 heavy (non-hydrogen) atoms. The molecule has 0 unspecified atom stereocenters. The monoisotopic (exact) mass is 379 g/mol. The Morgan fingerprint density at radius 3 is 2.67 bits per heavy atom. The molecule has 0 aliphatic carbocycles. The zero-order chi connectivity index (χ0) is 18.6. The Balaban J connectivity index is 1.47. The number of ether oxygens (including phenoxy) is 1. The summed E-state index contributed by atoms with van der Waals surface area (Å²) >= 11 is 1.50. The van der Waals surface area contributed by atoms with Crippen molar-refractivity contribution in [1.29, 1.82) is 0 Å². The van der Waals surface area contributed by atoms with Crippen LogP contribution in [-0.2, 0) is 12.8 Å². The summed E-state index contributed by atoms with van der Waals surface area (Å²) < 4.78 is 12.6. The topological polar surface area (TPSA) is 78.9 Å². The van der Waals surface area contributed by atoms with E-state index in [0.29, 0.717) is 17.5 Å². The molecule has 0 fully saturated rings. The third-order valence-electron chi connectivity index (χ3n) is 3.99. The highest BCUT2D eigenvalue weighted by molar-refractivity contribution is 7.98. The minimum Gasteiger partial charge on any atom is -0.497 e. The second kappa shape index (κ2) is 7.63. The van der Waals surface area contributed by atoms with Crippen molar-refractivity contribution in [1.82, 2.24) is 24.9 Å². The fourth-order valence-electron chi connectivity index (χ4n) is 2.60. The fraction of sp³-hybridized carbons (Fsp3) is 0.158. The summed E-state index contributed by atoms with van der Waals surface area (Å²) in [5.74, 6) is 3.15. The van der Waals surface area contributed by atoms with Gasteiger partial charge < -0.3 is 13.8 Å². The van der Waals surface area contributed by atoms with Crippen LogP contribution in [0.15, 0.2) is 64.3 Å². The van der Waals surface area contributed by atoms with E-state index in [2.05, 4.69) is 20.3 Å². The van der Waals surface area contributed by atoms with Crippen LogP contribution in [0, 0.1) is 0 Å². The Bertz CT molecular complexity index is 1050. The van der Waals surface area contributed by atoms with Crippen molar-refractivity contribution in [2.75, 3.05) is 7.11 Å². The summed E-state index contributed by atoms with van der Waals surface area (Å²) in [6.07, 6.45) is 0. The number of rotatable bonds is 6. The highest BCUT2D eigenvalue weighted by Gasteiger charge is 2.14. The molecule has 0 spiro atoms. The molecule has 0 radical (unpaired) electrons. The zero-order valence-corrected chi connectivity index (χ0v) is 15.7. The van der Waals surface area contributed by atoms with Crippen LogP contribution < -0.4 is 4.74 Å². The zero-order valence-electron chi connectivity index (χ0n) is 14.9. The quantitative estimate of drug-likeness (QED) is 0.471. The molecule has 0 atom stereocenters. The van der Waals surface area contributed by atoms with Crippen LogP contribution in [0.1, 0.15) is 5.89 Å². The normalized spacial score (nSPS) is 10.9. The van der Waals surface area contributed by atoms with Crippen LogP contribution in [0.2, 0.25) is 0 Å². The molecule has 0 bridgehead atoms. The van der Waals surface area contributed by atoms with E-state index in [4.69, 9.17) is 9.26 Å². The summed E-state index contributed by atoms with van der Waals surface area (Å²) in [4.78, 5) is 4.45. The number of nitrogens with zero attached hydrogens (tertiary/aromatic N) is 5. The first kappa shape index (κ1) is 17.3. The van der Waals surface area contributed by atoms with Crippen molar-refractivity contribution >= 4 is 11.8 Å². The second-order valence-electron chi connectivity index (χ2n) is 5.76. The van der Waals surface area contributed by atoms with Crippen LogP contribution in [0.3, 0.4) is 0 Å². The van der Waals surface area contributed by atoms with Gasteiger partial charge in [-0.1, -0.05) is 59.4 Å². The highest BCUT2D eigenvalue weighted by atomic mass is 32.2. The van der Waals surface area contributed by atoms with Gasteiger partial charge in [-0.05, 0) is 12.1 Å². The Hall–Kier alpha value is -3.13. The lowest BCUT2D eigenvalue weighted by Gasteiger charge is -2.02. The largest absolute Gasteiger partial charge is 0.497 e. The van der Waals surface area contributed by atoms with Gasteiger partial charge in [-0.3, -0.25) is 0 Å². The average molecular weight is 379 g/mol. The minimum atomic E-state index is 0.512. The fourth-order valence-corrected chi connectivity index (χ4v) is 3.35. The van der Waals surface area contributed by atoms with Crippen LogP contribution in [0.5, 0.6) is 5.75 Å². The lowest BCUT2D eigenvalue weighted by atomic mass is 10.2. The maximum Gasteiger partial charge on any atom is 0.237 e. The molecule has 0 saturated carbocycles. The Labute approximate surface area is 160 Å². The molecule has 0 saturated heterocycles. The average Bonchev–Trinajstić information content (AvgIpc) is 3.34. The van der Waals surface area contributed by atoms with Gasteiger partial charge in [-0.25, -0.2) is 0 Å². The molecule has 2 aromatic carbocycles. The summed E-state index contributed by atoms with van der Waals surface area (Å²) in [5, 5.41) is 13.4. The van der Waals surface area contributed by atoms with Gasteiger partial charge in [0.25, 0.3) is 0 Å². The van der Waals surface area contributed by atoms with E-state index in [1.54, 1.807) is 7.11 Å². The SMILES string of the molecule is COc1cccc(-c2noc(CSc3nnc(-c4ccccc4)n3C)n2)c1. The molecule has 4 rings (SSSR count). The Kier molecular flexibility index (Phi) is 4.88. The Morgan fingerprint density at radius 2 is 1.85 bits per heavy atom. The number of hydrogen-bond acceptors (Lipinski definition) is 7. The van der Waals surface area contributed by atoms with Gasteiger partial charge in [0.2, 0.25) is 11.7 Å². The number of hydrogen-bond donors (Lipinski definition) is 0. The van der Waals surface area contributed by atoms with Crippen molar-refractivity contribution in [3.05, 3.63) is 60.5 Å². The number of aromatic nitrogens is 5. The lowest BCUT2D eigenvalue weighted by Crippen LogP contribution is -1.95. The van der Waals surface area contributed by atoms with E-state index in [1.165, 1.54) is 11.8 Å². The van der Waals surface area contributed by atoms with E-state index >= 15 is 0 Å². The number of thioether (sulfide) groups is 1. The van der Waals surface area contributed by atoms with Gasteiger partial charge in [0.05, 0.1) is 12.9 Å². The Morgan fingerprint density at radius 1 is 1.04 bits per heavy atom. The maximum absolute atomic E-state index is 5.37. The van der Waals surface area contributed by atoms with E-state index in [0.717, 1.165) is 27.9 Å². The molecule has 0 aliphatic rings. The molecule has 0 amide bonds. The van der Waals surface area contributed by atoms with Gasteiger partial charge in [0.15, 0.2) is 11.0 Å². The van der Waals surface area contributed by atoms with Gasteiger partial charge in [-0.2, -0.15) is 4.98 Å². The second-order valence-corrected chi connectivity index (χ2v) is 6.71. The smallest absolute Gasteiger partial charge is 0.237 e. The molecule has 0 aliphatic heterocycles. The number of benzene rings is 2. The molecule has 136 valence electrons. The number of methoxy groups -OCH3 is 1. The van der Waals surface area contributed by atoms with Gasteiger partial charge in [0.1, 0.15) is 5.75 Å². The van der Waals surface area contributed by atoms with Gasteiger partial charge >= 0.3 is 0 Å². The molecule has 2 heterocycles. The summed E-state index contributed by atoms with van der Waals surface area (Å²) in [7, 11) is 3.57. The summed E-state index contributed by atoms with van der Waals surface area (Å²) in [6, 6.07) is 17.5. The van der Waals surface area contributed by atoms with E-state index in [1.807, 2.05) is 66.2 Å². The van der Waals surface area contributed by atoms with Crippen molar-refractivity contribution in [2.24, 2.45) is 7.05 Å². The van der Waals surface area contributed by atoms with Crippen LogP contribution in [0.25, 0.3) is 22.8 Å². The van der Waals surface area contributed by atoms with Crippen molar-refractivity contribution in [2.45, 2.75) is 10.9 Å². The van der Waals surface area contributed by atoms with Crippen LogP contribution >= 0.6 is 11.8 Å². The highest BCUT2D eigenvalue weighted by Crippen LogP contribution is 2.26. The molecule has 0 N–H and O–H groups in total. The standard InChI is InChI=1S/C19H17N5O2S/c1-24-18(13-7-4-3-5-8-13)21-22-19(24)27-12-16-20-17(23-26-16)14-9-6-10-15(11-14)25-2/h3-11H,12H2,1-2H3. The van der Waals surface area contributed by atoms with Crippen molar-refractivity contribution < 1.29 is 9.26 Å². The van der Waals surface area contributed by atoms with Crippen molar-refractivity contribution in [3.63, 3.8) is 0 Å². The van der Waals surface area contributed by atoms with Crippen molar-refractivity contribution in [3.8, 4) is 28.5 Å². The van der Waals surface area contributed by atoms with E-state index in [9.17, 15) is 0 Å². The molecule has 7 nitrogen and oxygen atoms in total. The lowest BCUT2D eigenvalue weighted by molar-refractivity contribution is 0.391. The predicted octanol–water partition coefficient (Wildman–Crippen LogP) is 3.83. The first-order valence-electron chi connectivity index (χ1n) is 8.29.